The Bertz CT molecular complexity index is 634. The van der Waals surface area contributed by atoms with Crippen molar-refractivity contribution < 1.29 is 0 Å². The molecule has 2 aliphatic rings. The van der Waals surface area contributed by atoms with Gasteiger partial charge in [0.05, 0.1) is 0 Å². The van der Waals surface area contributed by atoms with E-state index in [0.717, 1.165) is 35.0 Å². The van der Waals surface area contributed by atoms with Crippen LogP contribution in [0.2, 0.25) is 0 Å². The van der Waals surface area contributed by atoms with Crippen LogP contribution in [0, 0.1) is 24.7 Å². The Labute approximate surface area is 118 Å². The minimum Gasteiger partial charge on any atom is -0.364 e. The van der Waals surface area contributed by atoms with Crippen LogP contribution in [0.15, 0.2) is 12.4 Å². The highest BCUT2D eigenvalue weighted by atomic mass is 15.3. The molecule has 4 unspecified atom stereocenters. The quantitative estimate of drug-likeness (QED) is 0.932. The molecule has 2 aromatic heterocycles. The van der Waals surface area contributed by atoms with Gasteiger partial charge in [-0.2, -0.15) is 0 Å². The van der Waals surface area contributed by atoms with Gasteiger partial charge in [0.15, 0.2) is 5.82 Å². The maximum absolute atomic E-state index is 4.46. The fourth-order valence-electron chi connectivity index (χ4n) is 4.27. The molecule has 2 bridgehead atoms. The van der Waals surface area contributed by atoms with Crippen LogP contribution in [-0.4, -0.2) is 25.6 Å². The van der Waals surface area contributed by atoms with Crippen molar-refractivity contribution in [1.29, 1.82) is 0 Å². The zero-order chi connectivity index (χ0) is 13.7. The maximum atomic E-state index is 4.46. The van der Waals surface area contributed by atoms with Crippen molar-refractivity contribution >= 4 is 11.5 Å². The van der Waals surface area contributed by atoms with Gasteiger partial charge in [0.25, 0.3) is 0 Å². The van der Waals surface area contributed by atoms with Crippen molar-refractivity contribution in [2.45, 2.75) is 45.6 Å². The fraction of sp³-hybridized carbons (Fsp3) is 0.667. The van der Waals surface area contributed by atoms with E-state index < -0.39 is 0 Å². The molecule has 20 heavy (non-hydrogen) atoms. The van der Waals surface area contributed by atoms with Crippen molar-refractivity contribution in [3.05, 3.63) is 18.2 Å². The summed E-state index contributed by atoms with van der Waals surface area (Å²) >= 11 is 0. The molecule has 2 heterocycles. The van der Waals surface area contributed by atoms with Gasteiger partial charge in [-0.3, -0.25) is 4.40 Å². The Morgan fingerprint density at radius 2 is 2.20 bits per heavy atom. The molecule has 2 aliphatic carbocycles. The van der Waals surface area contributed by atoms with Crippen LogP contribution in [0.1, 0.15) is 38.4 Å². The summed E-state index contributed by atoms with van der Waals surface area (Å²) in [5.41, 5.74) is 0.833. The monoisotopic (exact) mass is 271 g/mol. The Morgan fingerprint density at radius 3 is 2.95 bits per heavy atom. The smallest absolute Gasteiger partial charge is 0.203 e. The lowest BCUT2D eigenvalue weighted by Gasteiger charge is -2.28. The first-order valence-corrected chi connectivity index (χ1v) is 7.65. The van der Waals surface area contributed by atoms with Gasteiger partial charge >= 0.3 is 0 Å². The molecule has 4 rings (SSSR count). The number of rotatable bonds is 3. The van der Waals surface area contributed by atoms with E-state index >= 15 is 0 Å². The second-order valence-corrected chi connectivity index (χ2v) is 6.49. The highest BCUT2D eigenvalue weighted by Crippen LogP contribution is 2.49. The van der Waals surface area contributed by atoms with Gasteiger partial charge < -0.3 is 5.32 Å². The van der Waals surface area contributed by atoms with Gasteiger partial charge in [0.2, 0.25) is 5.65 Å². The van der Waals surface area contributed by atoms with Gasteiger partial charge in [0, 0.05) is 18.4 Å². The lowest BCUT2D eigenvalue weighted by atomic mass is 9.84. The summed E-state index contributed by atoms with van der Waals surface area (Å²) in [7, 11) is 0. The number of hydrogen-bond acceptors (Lipinski definition) is 4. The first kappa shape index (κ1) is 12.1. The molecule has 5 nitrogen and oxygen atoms in total. The van der Waals surface area contributed by atoms with Crippen LogP contribution in [0.5, 0.6) is 0 Å². The first-order chi connectivity index (χ1) is 9.72. The SMILES string of the molecule is Cc1nnc2c(NC(C)C3CC4CCC3C4)nccn12. The third kappa shape index (κ3) is 1.79. The van der Waals surface area contributed by atoms with Gasteiger partial charge in [-0.25, -0.2) is 4.98 Å². The standard InChI is InChI=1S/C15H21N5/c1-9(13-8-11-3-4-12(13)7-11)17-14-15-19-18-10(2)20(15)6-5-16-14/h5-6,9,11-13H,3-4,7-8H2,1-2H3,(H,16,17). The average Bonchev–Trinajstić information content (AvgIpc) is 3.15. The van der Waals surface area contributed by atoms with Gasteiger partial charge in [-0.15, -0.1) is 10.2 Å². The first-order valence-electron chi connectivity index (χ1n) is 7.65. The molecule has 2 aromatic rings. The summed E-state index contributed by atoms with van der Waals surface area (Å²) in [5, 5.41) is 12.0. The Balaban J connectivity index is 1.58. The van der Waals surface area contributed by atoms with E-state index in [0.29, 0.717) is 6.04 Å². The van der Waals surface area contributed by atoms with Gasteiger partial charge in [-0.1, -0.05) is 6.42 Å². The molecule has 1 N–H and O–H groups in total. The molecule has 0 spiro atoms. The molecule has 2 saturated carbocycles. The lowest BCUT2D eigenvalue weighted by molar-refractivity contribution is 0.304. The van der Waals surface area contributed by atoms with E-state index in [4.69, 9.17) is 0 Å². The Morgan fingerprint density at radius 1 is 1.30 bits per heavy atom. The molecule has 0 amide bonds. The molecule has 5 heteroatoms. The van der Waals surface area contributed by atoms with Crippen LogP contribution < -0.4 is 5.32 Å². The summed E-state index contributed by atoms with van der Waals surface area (Å²) in [6.07, 6.45) is 9.43. The minimum atomic E-state index is 0.459. The van der Waals surface area contributed by atoms with Gasteiger partial charge in [-0.05, 0) is 50.9 Å². The molecular formula is C15H21N5. The van der Waals surface area contributed by atoms with Crippen molar-refractivity contribution in [3.63, 3.8) is 0 Å². The lowest BCUT2D eigenvalue weighted by Crippen LogP contribution is -2.30. The zero-order valence-electron chi connectivity index (χ0n) is 12.1. The number of aryl methyl sites for hydroxylation is 1. The topological polar surface area (TPSA) is 55.1 Å². The van der Waals surface area contributed by atoms with E-state index in [1.165, 1.54) is 25.7 Å². The number of anilines is 1. The fourth-order valence-corrected chi connectivity index (χ4v) is 4.27. The van der Waals surface area contributed by atoms with E-state index in [-0.39, 0.29) is 0 Å². The molecule has 0 radical (unpaired) electrons. The summed E-state index contributed by atoms with van der Waals surface area (Å²) in [6, 6.07) is 0.459. The van der Waals surface area contributed by atoms with Crippen molar-refractivity contribution in [2.75, 3.05) is 5.32 Å². The summed E-state index contributed by atoms with van der Waals surface area (Å²) in [6.45, 7) is 4.25. The highest BCUT2D eigenvalue weighted by Gasteiger charge is 2.41. The summed E-state index contributed by atoms with van der Waals surface area (Å²) in [5.74, 6) is 4.46. The molecule has 0 aliphatic heterocycles. The zero-order valence-corrected chi connectivity index (χ0v) is 12.1. The third-order valence-electron chi connectivity index (χ3n) is 5.30. The van der Waals surface area contributed by atoms with Crippen LogP contribution in [0.25, 0.3) is 5.65 Å². The van der Waals surface area contributed by atoms with E-state index in [1.807, 2.05) is 23.7 Å². The van der Waals surface area contributed by atoms with E-state index in [2.05, 4.69) is 27.4 Å². The van der Waals surface area contributed by atoms with E-state index in [1.54, 1.807) is 0 Å². The highest BCUT2D eigenvalue weighted by molar-refractivity contribution is 5.62. The molecule has 0 aromatic carbocycles. The predicted molar refractivity (Wildman–Crippen MR) is 77.5 cm³/mol. The second kappa shape index (κ2) is 4.43. The van der Waals surface area contributed by atoms with Crippen LogP contribution >= 0.6 is 0 Å². The molecule has 4 atom stereocenters. The number of aromatic nitrogens is 4. The van der Waals surface area contributed by atoms with Crippen LogP contribution in [0.3, 0.4) is 0 Å². The normalized spacial score (nSPS) is 30.0. The summed E-state index contributed by atoms with van der Waals surface area (Å²) in [4.78, 5) is 4.46. The molecular weight excluding hydrogens is 250 g/mol. The van der Waals surface area contributed by atoms with Crippen molar-refractivity contribution in [3.8, 4) is 0 Å². The van der Waals surface area contributed by atoms with Crippen LogP contribution in [0.4, 0.5) is 5.82 Å². The van der Waals surface area contributed by atoms with Crippen molar-refractivity contribution in [1.82, 2.24) is 19.6 Å². The minimum absolute atomic E-state index is 0.459. The largest absolute Gasteiger partial charge is 0.364 e. The third-order valence-corrected chi connectivity index (χ3v) is 5.30. The Kier molecular flexibility index (Phi) is 2.69. The predicted octanol–water partition coefficient (Wildman–Crippen LogP) is 2.67. The number of nitrogens with one attached hydrogen (secondary N) is 1. The van der Waals surface area contributed by atoms with Gasteiger partial charge in [0.1, 0.15) is 5.82 Å². The number of nitrogens with zero attached hydrogens (tertiary/aromatic N) is 4. The summed E-state index contributed by atoms with van der Waals surface area (Å²) < 4.78 is 1.99. The second-order valence-electron chi connectivity index (χ2n) is 6.49. The molecule has 106 valence electrons. The van der Waals surface area contributed by atoms with E-state index in [9.17, 15) is 0 Å². The molecule has 2 fully saturated rings. The average molecular weight is 271 g/mol. The number of hydrogen-bond donors (Lipinski definition) is 1. The maximum Gasteiger partial charge on any atom is 0.203 e. The molecule has 0 saturated heterocycles. The number of fused-ring (bicyclic) bond motifs is 3. The van der Waals surface area contributed by atoms with Crippen LogP contribution in [-0.2, 0) is 0 Å². The Hall–Kier alpha value is -1.65. The van der Waals surface area contributed by atoms with Crippen molar-refractivity contribution in [2.24, 2.45) is 17.8 Å².